The molecule has 6 rings (SSSR count). The molecule has 0 spiro atoms. The Kier molecular flexibility index (Phi) is 3.60. The average Bonchev–Trinajstić information content (AvgIpc) is 3.38. The van der Waals surface area contributed by atoms with Gasteiger partial charge >= 0.3 is 0 Å². The molecule has 2 bridgehead atoms. The lowest BCUT2D eigenvalue weighted by atomic mass is 9.69. The fourth-order valence-electron chi connectivity index (χ4n) is 6.92. The van der Waals surface area contributed by atoms with E-state index in [4.69, 9.17) is 4.98 Å². The summed E-state index contributed by atoms with van der Waals surface area (Å²) >= 11 is 0. The molecule has 2 heteroatoms. The number of fused-ring (bicyclic) bond motifs is 10. The number of benzene rings is 2. The lowest BCUT2D eigenvalue weighted by Gasteiger charge is -2.36. The Morgan fingerprint density at radius 2 is 1.63 bits per heavy atom. The zero-order valence-electron chi connectivity index (χ0n) is 18.8. The van der Waals surface area contributed by atoms with Crippen molar-refractivity contribution in [2.24, 2.45) is 10.8 Å². The van der Waals surface area contributed by atoms with Crippen molar-refractivity contribution in [3.05, 3.63) is 59.7 Å². The average molecular weight is 397 g/mol. The van der Waals surface area contributed by atoms with Crippen LogP contribution in [0.2, 0.25) is 0 Å². The van der Waals surface area contributed by atoms with Crippen LogP contribution in [0.15, 0.2) is 43.0 Å². The molecule has 0 amide bonds. The maximum atomic E-state index is 5.27. The van der Waals surface area contributed by atoms with Gasteiger partial charge in [-0.2, -0.15) is 0 Å². The van der Waals surface area contributed by atoms with E-state index in [0.29, 0.717) is 0 Å². The summed E-state index contributed by atoms with van der Waals surface area (Å²) in [4.78, 5) is 5.27. The van der Waals surface area contributed by atoms with E-state index in [0.717, 1.165) is 30.6 Å². The van der Waals surface area contributed by atoms with Crippen LogP contribution in [0.5, 0.6) is 0 Å². The highest BCUT2D eigenvalue weighted by molar-refractivity contribution is 5.87. The lowest BCUT2D eigenvalue weighted by Crippen LogP contribution is -2.27. The monoisotopic (exact) mass is 396 g/mol. The SMILES string of the molecule is C=C1c2ccccc2-c2nc3cc4c(cc3n2CC(C)(C)CC1(C)C)C1CCC4C1. The number of imidazole rings is 1. The largest absolute Gasteiger partial charge is 0.323 e. The summed E-state index contributed by atoms with van der Waals surface area (Å²) in [5.41, 5.74) is 9.59. The van der Waals surface area contributed by atoms with E-state index in [1.807, 2.05) is 0 Å². The maximum Gasteiger partial charge on any atom is 0.141 e. The number of aromatic nitrogens is 2. The van der Waals surface area contributed by atoms with E-state index in [-0.39, 0.29) is 10.8 Å². The molecular formula is C28H32N2. The van der Waals surface area contributed by atoms with Crippen molar-refractivity contribution in [2.75, 3.05) is 0 Å². The molecule has 0 N–H and O–H groups in total. The summed E-state index contributed by atoms with van der Waals surface area (Å²) in [5.74, 6) is 2.66. The second-order valence-electron chi connectivity index (χ2n) is 11.4. The predicted molar refractivity (Wildman–Crippen MR) is 126 cm³/mol. The van der Waals surface area contributed by atoms with Gasteiger partial charge in [0.1, 0.15) is 5.82 Å². The standard InChI is InChI=1S/C28H32N2/c1-17-20-8-6-7-9-21(20)26-29-24-13-22-18-10-11-19(12-18)23(22)14-25(24)30(26)16-27(2,3)15-28(17,4)5/h6-9,13-14,18-19H,1,10-12,15-16H2,2-5H3. The highest BCUT2D eigenvalue weighted by atomic mass is 15.1. The maximum absolute atomic E-state index is 5.27. The van der Waals surface area contributed by atoms with Crippen LogP contribution in [-0.4, -0.2) is 9.55 Å². The van der Waals surface area contributed by atoms with E-state index < -0.39 is 0 Å². The molecule has 0 saturated heterocycles. The van der Waals surface area contributed by atoms with Gasteiger partial charge in [0.05, 0.1) is 11.0 Å². The molecule has 2 atom stereocenters. The quantitative estimate of drug-likeness (QED) is 0.384. The molecule has 0 radical (unpaired) electrons. The molecule has 3 aromatic rings. The molecule has 1 saturated carbocycles. The van der Waals surface area contributed by atoms with E-state index >= 15 is 0 Å². The predicted octanol–water partition coefficient (Wildman–Crippen LogP) is 7.54. The molecule has 30 heavy (non-hydrogen) atoms. The van der Waals surface area contributed by atoms with Gasteiger partial charge in [-0.3, -0.25) is 0 Å². The van der Waals surface area contributed by atoms with Gasteiger partial charge in [0, 0.05) is 12.1 Å². The van der Waals surface area contributed by atoms with Crippen molar-refractivity contribution in [1.29, 1.82) is 0 Å². The Labute approximate surface area is 180 Å². The fourth-order valence-corrected chi connectivity index (χ4v) is 6.92. The minimum absolute atomic E-state index is 0.0415. The highest BCUT2D eigenvalue weighted by Crippen LogP contribution is 2.54. The Morgan fingerprint density at radius 3 is 2.37 bits per heavy atom. The van der Waals surface area contributed by atoms with Gasteiger partial charge in [0.15, 0.2) is 0 Å². The van der Waals surface area contributed by atoms with Crippen molar-refractivity contribution in [1.82, 2.24) is 9.55 Å². The van der Waals surface area contributed by atoms with Gasteiger partial charge in [-0.15, -0.1) is 0 Å². The van der Waals surface area contributed by atoms with Crippen LogP contribution >= 0.6 is 0 Å². The van der Waals surface area contributed by atoms with Crippen molar-refractivity contribution in [2.45, 2.75) is 71.8 Å². The van der Waals surface area contributed by atoms with Gasteiger partial charge in [0.2, 0.25) is 0 Å². The van der Waals surface area contributed by atoms with Crippen molar-refractivity contribution >= 4 is 16.6 Å². The van der Waals surface area contributed by atoms with Crippen molar-refractivity contribution < 1.29 is 0 Å². The third-order valence-electron chi connectivity index (χ3n) is 8.08. The molecule has 2 aliphatic carbocycles. The van der Waals surface area contributed by atoms with Gasteiger partial charge in [-0.25, -0.2) is 4.98 Å². The van der Waals surface area contributed by atoms with Gasteiger partial charge in [-0.05, 0) is 82.7 Å². The molecule has 2 heterocycles. The van der Waals surface area contributed by atoms with Gasteiger partial charge in [0.25, 0.3) is 0 Å². The van der Waals surface area contributed by atoms with Crippen LogP contribution in [0.3, 0.4) is 0 Å². The molecule has 154 valence electrons. The second kappa shape index (κ2) is 5.87. The summed E-state index contributed by atoms with van der Waals surface area (Å²) in [5, 5.41) is 0. The minimum Gasteiger partial charge on any atom is -0.323 e. The number of nitrogens with zero attached hydrogens (tertiary/aromatic N) is 2. The molecular weight excluding hydrogens is 364 g/mol. The molecule has 2 nitrogen and oxygen atoms in total. The Hall–Kier alpha value is -2.35. The molecule has 2 aromatic carbocycles. The second-order valence-corrected chi connectivity index (χ2v) is 11.4. The number of allylic oxidation sites excluding steroid dienone is 1. The third kappa shape index (κ3) is 2.52. The highest BCUT2D eigenvalue weighted by Gasteiger charge is 2.39. The van der Waals surface area contributed by atoms with Crippen LogP contribution in [0.1, 0.15) is 81.9 Å². The summed E-state index contributed by atoms with van der Waals surface area (Å²) in [7, 11) is 0. The normalized spacial score (nSPS) is 25.9. The van der Waals surface area contributed by atoms with Gasteiger partial charge in [-0.1, -0.05) is 58.5 Å². The first-order valence-corrected chi connectivity index (χ1v) is 11.6. The van der Waals surface area contributed by atoms with Crippen molar-refractivity contribution in [3.63, 3.8) is 0 Å². The summed E-state index contributed by atoms with van der Waals surface area (Å²) in [6.07, 6.45) is 5.19. The minimum atomic E-state index is 0.0415. The van der Waals surface area contributed by atoms with Crippen LogP contribution in [0.25, 0.3) is 28.0 Å². The zero-order chi connectivity index (χ0) is 20.8. The molecule has 1 fully saturated rings. The van der Waals surface area contributed by atoms with Crippen molar-refractivity contribution in [3.8, 4) is 11.4 Å². The van der Waals surface area contributed by atoms with E-state index in [9.17, 15) is 0 Å². The van der Waals surface area contributed by atoms with Crippen LogP contribution in [0, 0.1) is 10.8 Å². The fraction of sp³-hybridized carbons (Fsp3) is 0.464. The van der Waals surface area contributed by atoms with E-state index in [2.05, 4.69) is 75.2 Å². The molecule has 1 aromatic heterocycles. The summed E-state index contributed by atoms with van der Waals surface area (Å²) in [6.45, 7) is 15.1. The lowest BCUT2D eigenvalue weighted by molar-refractivity contribution is 0.216. The smallest absolute Gasteiger partial charge is 0.141 e. The first-order valence-electron chi connectivity index (χ1n) is 11.6. The van der Waals surface area contributed by atoms with Crippen LogP contribution in [-0.2, 0) is 6.54 Å². The van der Waals surface area contributed by atoms with Crippen LogP contribution < -0.4 is 0 Å². The molecule has 2 unspecified atom stereocenters. The number of rotatable bonds is 0. The molecule has 3 aliphatic rings. The third-order valence-corrected chi connectivity index (χ3v) is 8.08. The first-order chi connectivity index (χ1) is 14.2. The van der Waals surface area contributed by atoms with E-state index in [1.165, 1.54) is 47.0 Å². The van der Waals surface area contributed by atoms with Gasteiger partial charge < -0.3 is 4.57 Å². The summed E-state index contributed by atoms with van der Waals surface area (Å²) < 4.78 is 2.52. The van der Waals surface area contributed by atoms with E-state index in [1.54, 1.807) is 11.1 Å². The Morgan fingerprint density at radius 1 is 0.967 bits per heavy atom. The first kappa shape index (κ1) is 18.4. The topological polar surface area (TPSA) is 17.8 Å². The molecule has 1 aliphatic heterocycles. The number of hydrogen-bond donors (Lipinski definition) is 0. The summed E-state index contributed by atoms with van der Waals surface area (Å²) in [6, 6.07) is 13.7. The zero-order valence-corrected chi connectivity index (χ0v) is 18.8. The Bertz CT molecular complexity index is 1210. The Balaban J connectivity index is 1.65. The number of hydrogen-bond acceptors (Lipinski definition) is 1. The van der Waals surface area contributed by atoms with Crippen LogP contribution in [0.4, 0.5) is 0 Å².